The summed E-state index contributed by atoms with van der Waals surface area (Å²) < 4.78 is 11.6. The van der Waals surface area contributed by atoms with Crippen LogP contribution in [-0.2, 0) is 4.74 Å². The number of ether oxygens (including phenoxy) is 1. The molecule has 3 aromatic rings. The van der Waals surface area contributed by atoms with Crippen molar-refractivity contribution in [1.82, 2.24) is 19.5 Å². The van der Waals surface area contributed by atoms with E-state index < -0.39 is 47.5 Å². The van der Waals surface area contributed by atoms with Crippen molar-refractivity contribution in [3.63, 3.8) is 0 Å². The van der Waals surface area contributed by atoms with Crippen LogP contribution < -0.4 is 16.7 Å². The maximum atomic E-state index is 12.2. The van der Waals surface area contributed by atoms with Crippen molar-refractivity contribution in [2.45, 2.75) is 24.5 Å². The van der Waals surface area contributed by atoms with Crippen LogP contribution in [0.25, 0.3) is 11.2 Å². The number of hydrazone groups is 1. The van der Waals surface area contributed by atoms with Gasteiger partial charge in [-0.15, -0.1) is 0 Å². The van der Waals surface area contributed by atoms with Gasteiger partial charge in [0.15, 0.2) is 23.2 Å². The lowest BCUT2D eigenvalue weighted by molar-refractivity contribution is -0.402. The number of hydrogen-bond acceptors (Lipinski definition) is 13. The molecule has 1 aliphatic rings. The number of rotatable bonds is 6. The zero-order chi connectivity index (χ0) is 22.3. The molecule has 0 amide bonds. The lowest BCUT2D eigenvalue weighted by Gasteiger charge is -2.18. The van der Waals surface area contributed by atoms with Crippen molar-refractivity contribution >= 4 is 35.2 Å². The number of aliphatic hydroxyl groups excluding tert-OH is 3. The molecule has 4 rings (SSSR count). The topological polar surface area (TPSA) is 240 Å². The van der Waals surface area contributed by atoms with Crippen LogP contribution in [0, 0.1) is 10.1 Å². The van der Waals surface area contributed by atoms with Gasteiger partial charge in [0.25, 0.3) is 5.56 Å². The second kappa shape index (κ2) is 7.76. The first-order valence-electron chi connectivity index (χ1n) is 8.73. The molecular formula is C15H16N8O8. The number of anilines is 2. The number of nitrogens with two attached hydrogens (primary N) is 1. The fraction of sp³-hybridized carbons (Fsp3) is 0.333. The summed E-state index contributed by atoms with van der Waals surface area (Å²) in [7, 11) is 0. The first-order valence-corrected chi connectivity index (χ1v) is 8.73. The molecule has 31 heavy (non-hydrogen) atoms. The molecule has 0 unspecified atom stereocenters. The van der Waals surface area contributed by atoms with Gasteiger partial charge in [0.2, 0.25) is 11.9 Å². The number of fused-ring (bicyclic) bond motifs is 1. The van der Waals surface area contributed by atoms with E-state index >= 15 is 0 Å². The molecule has 0 saturated carbocycles. The highest BCUT2D eigenvalue weighted by Crippen LogP contribution is 2.33. The fourth-order valence-electron chi connectivity index (χ4n) is 3.08. The van der Waals surface area contributed by atoms with Crippen molar-refractivity contribution < 1.29 is 29.4 Å². The fourth-order valence-corrected chi connectivity index (χ4v) is 3.08. The maximum Gasteiger partial charge on any atom is 0.433 e. The molecule has 164 valence electrons. The Bertz CT molecular complexity index is 1220. The number of nitrogens with one attached hydrogen (secondary N) is 2. The van der Waals surface area contributed by atoms with Gasteiger partial charge in [0.05, 0.1) is 18.9 Å². The summed E-state index contributed by atoms with van der Waals surface area (Å²) in [6, 6.07) is 2.45. The average molecular weight is 436 g/mol. The molecule has 3 aromatic heterocycles. The van der Waals surface area contributed by atoms with Crippen LogP contribution >= 0.6 is 0 Å². The Hall–Kier alpha value is -3.86. The molecule has 16 nitrogen and oxygen atoms in total. The quantitative estimate of drug-likeness (QED) is 0.143. The van der Waals surface area contributed by atoms with Crippen molar-refractivity contribution in [1.29, 1.82) is 0 Å². The van der Waals surface area contributed by atoms with E-state index in [9.17, 15) is 30.2 Å². The van der Waals surface area contributed by atoms with E-state index in [-0.39, 0.29) is 28.8 Å². The molecule has 1 saturated heterocycles. The molecule has 4 heterocycles. The van der Waals surface area contributed by atoms with Crippen molar-refractivity contribution in [3.8, 4) is 0 Å². The minimum Gasteiger partial charge on any atom is -0.400 e. The number of hydrogen-bond donors (Lipinski definition) is 6. The predicted octanol–water partition coefficient (Wildman–Crippen LogP) is -1.74. The van der Waals surface area contributed by atoms with Gasteiger partial charge in [-0.2, -0.15) is 10.1 Å². The van der Waals surface area contributed by atoms with E-state index in [0.29, 0.717) is 0 Å². The molecule has 7 N–H and O–H groups in total. The van der Waals surface area contributed by atoms with Crippen molar-refractivity contribution in [2.24, 2.45) is 5.10 Å². The molecule has 0 bridgehead atoms. The molecule has 0 aliphatic carbocycles. The minimum atomic E-state index is -1.51. The van der Waals surface area contributed by atoms with Gasteiger partial charge in [0, 0.05) is 0 Å². The summed E-state index contributed by atoms with van der Waals surface area (Å²) in [6.07, 6.45) is -4.22. The molecule has 16 heteroatoms. The lowest BCUT2D eigenvalue weighted by Crippen LogP contribution is -2.33. The van der Waals surface area contributed by atoms with Crippen LogP contribution in [0.3, 0.4) is 0 Å². The number of nitrogen functional groups attached to an aromatic ring is 1. The lowest BCUT2D eigenvalue weighted by atomic mass is 10.1. The summed E-state index contributed by atoms with van der Waals surface area (Å²) in [4.78, 5) is 32.5. The Morgan fingerprint density at radius 2 is 2.16 bits per heavy atom. The van der Waals surface area contributed by atoms with Crippen molar-refractivity contribution in [3.05, 3.63) is 38.4 Å². The van der Waals surface area contributed by atoms with Crippen LogP contribution in [0.2, 0.25) is 0 Å². The van der Waals surface area contributed by atoms with Gasteiger partial charge < -0.3 is 30.2 Å². The Labute approximate surface area is 170 Å². The Balaban J connectivity index is 1.73. The van der Waals surface area contributed by atoms with E-state index in [1.807, 2.05) is 0 Å². The summed E-state index contributed by atoms with van der Waals surface area (Å²) in [5.41, 5.74) is 7.18. The van der Waals surface area contributed by atoms with Crippen LogP contribution in [0.15, 0.2) is 26.4 Å². The SMILES string of the molecule is Nc1nc2c(nc(N/N=C\c3ccc([N+](=O)[O-])o3)n2[C@@H]2O[C@H](CO)[C@H](O)[C@@H]2O)c(=O)[nH]1. The van der Waals surface area contributed by atoms with E-state index in [0.717, 1.165) is 16.8 Å². The number of aromatic nitrogens is 4. The standard InChI is InChI=1S/C15H16N8O8/c16-14-19-11-8(12(27)20-14)18-15(21-17-3-5-1-2-7(30-5)23(28)29)22(11)13-10(26)9(25)6(4-24)31-13/h1-3,6,9-10,13,24-26H,4H2,(H,18,21)(H3,16,19,20,27)/b17-3-/t6-,9+,10+,13-/m1/s1. The minimum absolute atomic E-state index is 0.0509. The number of nitro groups is 1. The number of aliphatic hydroxyl groups is 3. The normalized spacial score (nSPS) is 23.7. The van der Waals surface area contributed by atoms with Crippen molar-refractivity contribution in [2.75, 3.05) is 17.8 Å². The zero-order valence-electron chi connectivity index (χ0n) is 15.4. The number of furan rings is 1. The third-order valence-electron chi connectivity index (χ3n) is 4.49. The largest absolute Gasteiger partial charge is 0.433 e. The molecule has 0 aromatic carbocycles. The third kappa shape index (κ3) is 3.59. The van der Waals surface area contributed by atoms with Crippen LogP contribution in [-0.4, -0.2) is 70.9 Å². The summed E-state index contributed by atoms with van der Waals surface area (Å²) >= 11 is 0. The maximum absolute atomic E-state index is 12.2. The number of aromatic amines is 1. The van der Waals surface area contributed by atoms with Gasteiger partial charge in [-0.05, 0) is 6.07 Å². The first-order chi connectivity index (χ1) is 14.8. The van der Waals surface area contributed by atoms with Gasteiger partial charge >= 0.3 is 5.88 Å². The van der Waals surface area contributed by atoms with Crippen LogP contribution in [0.4, 0.5) is 17.8 Å². The molecule has 4 atom stereocenters. The van der Waals surface area contributed by atoms with Crippen LogP contribution in [0.1, 0.15) is 12.0 Å². The second-order valence-electron chi connectivity index (χ2n) is 6.46. The van der Waals surface area contributed by atoms with Gasteiger partial charge in [0.1, 0.15) is 23.2 Å². The summed E-state index contributed by atoms with van der Waals surface area (Å²) in [5, 5.41) is 44.3. The van der Waals surface area contributed by atoms with E-state index in [1.54, 1.807) is 0 Å². The predicted molar refractivity (Wildman–Crippen MR) is 102 cm³/mol. The zero-order valence-corrected chi connectivity index (χ0v) is 15.4. The summed E-state index contributed by atoms with van der Waals surface area (Å²) in [6.45, 7) is -0.574. The van der Waals surface area contributed by atoms with Gasteiger partial charge in [-0.1, -0.05) is 0 Å². The molecule has 1 aliphatic heterocycles. The van der Waals surface area contributed by atoms with Gasteiger partial charge in [-0.25, -0.2) is 10.4 Å². The third-order valence-corrected chi connectivity index (χ3v) is 4.49. The Kier molecular flexibility index (Phi) is 5.11. The second-order valence-corrected chi connectivity index (χ2v) is 6.46. The molecule has 0 radical (unpaired) electrons. The van der Waals surface area contributed by atoms with E-state index in [2.05, 4.69) is 25.5 Å². The monoisotopic (exact) mass is 436 g/mol. The number of nitrogens with zero attached hydrogens (tertiary/aromatic N) is 5. The Morgan fingerprint density at radius 3 is 2.81 bits per heavy atom. The molecule has 1 fully saturated rings. The highest BCUT2D eigenvalue weighted by Gasteiger charge is 2.45. The number of H-pyrrole nitrogens is 1. The molecular weight excluding hydrogens is 420 g/mol. The Morgan fingerprint density at radius 1 is 1.39 bits per heavy atom. The highest BCUT2D eigenvalue weighted by molar-refractivity contribution is 5.78. The van der Waals surface area contributed by atoms with Gasteiger partial charge in [-0.3, -0.25) is 24.5 Å². The van der Waals surface area contributed by atoms with E-state index in [4.69, 9.17) is 14.9 Å². The smallest absolute Gasteiger partial charge is 0.400 e. The molecule has 0 spiro atoms. The highest BCUT2D eigenvalue weighted by atomic mass is 16.6. The average Bonchev–Trinajstić information content (AvgIpc) is 3.40. The number of imidazole rings is 1. The summed E-state index contributed by atoms with van der Waals surface area (Å²) in [5.74, 6) is -0.796. The first kappa shape index (κ1) is 20.4. The van der Waals surface area contributed by atoms with Crippen LogP contribution in [0.5, 0.6) is 0 Å². The van der Waals surface area contributed by atoms with E-state index in [1.165, 1.54) is 6.07 Å².